The van der Waals surface area contributed by atoms with E-state index in [0.29, 0.717) is 19.6 Å². The number of rotatable bonds is 8. The monoisotopic (exact) mass is 402 g/mol. The third kappa shape index (κ3) is 5.79. The number of aromatic nitrogens is 1. The third-order valence-corrected chi connectivity index (χ3v) is 5.52. The zero-order valence-corrected chi connectivity index (χ0v) is 15.8. The molecule has 0 unspecified atom stereocenters. The lowest BCUT2D eigenvalue weighted by molar-refractivity contribution is -0.120. The van der Waals surface area contributed by atoms with Gasteiger partial charge in [-0.05, 0) is 42.3 Å². The molecule has 4 nitrogen and oxygen atoms in total. The summed E-state index contributed by atoms with van der Waals surface area (Å²) in [4.78, 5) is 17.5. The zero-order chi connectivity index (χ0) is 15.9. The number of halogens is 1. The molecule has 2 heterocycles. The van der Waals surface area contributed by atoms with Crippen LogP contribution in [0.25, 0.3) is 9.88 Å². The van der Waals surface area contributed by atoms with Gasteiger partial charge in [-0.2, -0.15) is 0 Å². The number of ether oxygens (including phenoxy) is 1. The molecule has 7 heteroatoms. The molecule has 0 aliphatic rings. The summed E-state index contributed by atoms with van der Waals surface area (Å²) in [5.74, 6) is 0.00811. The Morgan fingerprint density at radius 2 is 2.23 bits per heavy atom. The number of hydrogen-bond donors (Lipinski definition) is 1. The van der Waals surface area contributed by atoms with Crippen LogP contribution < -0.4 is 5.32 Å². The van der Waals surface area contributed by atoms with Gasteiger partial charge < -0.3 is 10.1 Å². The van der Waals surface area contributed by atoms with E-state index in [4.69, 9.17) is 4.74 Å². The summed E-state index contributed by atoms with van der Waals surface area (Å²) < 4.78 is 6.49. The van der Waals surface area contributed by atoms with Crippen LogP contribution in [0.15, 0.2) is 21.3 Å². The number of nitrogens with zero attached hydrogens (tertiary/aromatic N) is 1. The van der Waals surface area contributed by atoms with E-state index in [1.165, 1.54) is 0 Å². The van der Waals surface area contributed by atoms with Crippen LogP contribution >= 0.6 is 38.6 Å². The van der Waals surface area contributed by atoms with Crippen LogP contribution in [0.2, 0.25) is 0 Å². The van der Waals surface area contributed by atoms with E-state index in [1.807, 2.05) is 30.7 Å². The standard InChI is InChI=1S/C15H19BrN2O2S2/c1-10(2)20-5-3-4-17-14(19)7-12-9-22-15(18-12)13-6-11(16)8-21-13/h6,8-10H,3-5,7H2,1-2H3,(H,17,19). The Kier molecular flexibility index (Phi) is 7.01. The first-order valence-corrected chi connectivity index (χ1v) is 9.67. The first-order chi connectivity index (χ1) is 10.5. The van der Waals surface area contributed by atoms with E-state index in [2.05, 4.69) is 26.2 Å². The topological polar surface area (TPSA) is 51.2 Å². The van der Waals surface area contributed by atoms with Crippen LogP contribution in [0, 0.1) is 0 Å². The Balaban J connectivity index is 1.74. The Hall–Kier alpha value is -0.760. The van der Waals surface area contributed by atoms with Gasteiger partial charge >= 0.3 is 0 Å². The lowest BCUT2D eigenvalue weighted by Gasteiger charge is -2.07. The highest BCUT2D eigenvalue weighted by molar-refractivity contribution is 9.10. The Labute approximate surface area is 147 Å². The maximum absolute atomic E-state index is 11.9. The highest BCUT2D eigenvalue weighted by Crippen LogP contribution is 2.31. The SMILES string of the molecule is CC(C)OCCCNC(=O)Cc1csc(-c2cc(Br)cs2)n1. The third-order valence-electron chi connectivity index (χ3n) is 2.77. The van der Waals surface area contributed by atoms with Crippen molar-refractivity contribution in [2.75, 3.05) is 13.2 Å². The molecule has 0 fully saturated rings. The van der Waals surface area contributed by atoms with E-state index < -0.39 is 0 Å². The molecule has 0 radical (unpaired) electrons. The van der Waals surface area contributed by atoms with Crippen molar-refractivity contribution in [3.63, 3.8) is 0 Å². The number of amides is 1. The normalized spacial score (nSPS) is 11.1. The maximum atomic E-state index is 11.9. The van der Waals surface area contributed by atoms with Crippen LogP contribution in [-0.4, -0.2) is 30.1 Å². The van der Waals surface area contributed by atoms with E-state index in [-0.39, 0.29) is 12.0 Å². The lowest BCUT2D eigenvalue weighted by Crippen LogP contribution is -2.27. The first kappa shape index (κ1) is 17.6. The number of nitrogens with one attached hydrogen (secondary N) is 1. The summed E-state index contributed by atoms with van der Waals surface area (Å²) in [5.41, 5.74) is 0.820. The van der Waals surface area contributed by atoms with Crippen LogP contribution in [0.3, 0.4) is 0 Å². The number of hydrogen-bond acceptors (Lipinski definition) is 5. The lowest BCUT2D eigenvalue weighted by atomic mass is 10.3. The summed E-state index contributed by atoms with van der Waals surface area (Å²) in [6.07, 6.45) is 1.39. The van der Waals surface area contributed by atoms with Crippen molar-refractivity contribution in [3.05, 3.63) is 27.0 Å². The smallest absolute Gasteiger partial charge is 0.226 e. The van der Waals surface area contributed by atoms with Gasteiger partial charge in [-0.15, -0.1) is 22.7 Å². The molecular weight excluding hydrogens is 384 g/mol. The van der Waals surface area contributed by atoms with Gasteiger partial charge in [0.2, 0.25) is 5.91 Å². The molecule has 120 valence electrons. The predicted octanol–water partition coefficient (Wildman–Crippen LogP) is 4.11. The van der Waals surface area contributed by atoms with Crippen LogP contribution in [0.4, 0.5) is 0 Å². The minimum atomic E-state index is 0.00811. The van der Waals surface area contributed by atoms with Crippen LogP contribution in [0.5, 0.6) is 0 Å². The molecule has 1 N–H and O–H groups in total. The molecule has 0 atom stereocenters. The van der Waals surface area contributed by atoms with E-state index >= 15 is 0 Å². The highest BCUT2D eigenvalue weighted by atomic mass is 79.9. The molecular formula is C15H19BrN2O2S2. The summed E-state index contributed by atoms with van der Waals surface area (Å²) in [7, 11) is 0. The maximum Gasteiger partial charge on any atom is 0.226 e. The molecule has 0 saturated heterocycles. The number of thiophene rings is 1. The van der Waals surface area contributed by atoms with Gasteiger partial charge in [0, 0.05) is 28.4 Å². The van der Waals surface area contributed by atoms with E-state index in [0.717, 1.165) is 26.5 Å². The molecule has 2 rings (SSSR count). The average molecular weight is 403 g/mol. The second-order valence-electron chi connectivity index (χ2n) is 5.07. The Morgan fingerprint density at radius 1 is 1.41 bits per heavy atom. The molecule has 0 aliphatic carbocycles. The molecule has 22 heavy (non-hydrogen) atoms. The fourth-order valence-electron chi connectivity index (χ4n) is 1.77. The van der Waals surface area contributed by atoms with Gasteiger partial charge in [-0.1, -0.05) is 0 Å². The van der Waals surface area contributed by atoms with Gasteiger partial charge in [0.25, 0.3) is 0 Å². The van der Waals surface area contributed by atoms with E-state index in [1.54, 1.807) is 22.7 Å². The molecule has 0 saturated carbocycles. The number of carbonyl (C=O) groups excluding carboxylic acids is 1. The summed E-state index contributed by atoms with van der Waals surface area (Å²) in [5, 5.41) is 7.84. The van der Waals surface area contributed by atoms with Crippen molar-refractivity contribution in [1.29, 1.82) is 0 Å². The van der Waals surface area contributed by atoms with Crippen molar-refractivity contribution < 1.29 is 9.53 Å². The molecule has 2 aromatic rings. The summed E-state index contributed by atoms with van der Waals surface area (Å²) >= 11 is 6.65. The van der Waals surface area contributed by atoms with Crippen molar-refractivity contribution in [2.24, 2.45) is 0 Å². The van der Waals surface area contributed by atoms with Gasteiger partial charge in [0.15, 0.2) is 0 Å². The fourth-order valence-corrected chi connectivity index (χ4v) is 4.10. The van der Waals surface area contributed by atoms with Gasteiger partial charge in [0.05, 0.1) is 23.1 Å². The second kappa shape index (κ2) is 8.76. The highest BCUT2D eigenvalue weighted by Gasteiger charge is 2.10. The van der Waals surface area contributed by atoms with Gasteiger partial charge in [-0.25, -0.2) is 4.98 Å². The summed E-state index contributed by atoms with van der Waals surface area (Å²) in [6.45, 7) is 5.32. The van der Waals surface area contributed by atoms with Crippen molar-refractivity contribution in [3.8, 4) is 9.88 Å². The number of thiazole rings is 1. The van der Waals surface area contributed by atoms with E-state index in [9.17, 15) is 4.79 Å². The Morgan fingerprint density at radius 3 is 2.91 bits per heavy atom. The van der Waals surface area contributed by atoms with Gasteiger partial charge in [-0.3, -0.25) is 4.79 Å². The molecule has 0 aromatic carbocycles. The fraction of sp³-hybridized carbons (Fsp3) is 0.467. The largest absolute Gasteiger partial charge is 0.379 e. The first-order valence-electron chi connectivity index (χ1n) is 7.11. The van der Waals surface area contributed by atoms with Crippen molar-refractivity contribution >= 4 is 44.5 Å². The predicted molar refractivity (Wildman–Crippen MR) is 95.5 cm³/mol. The van der Waals surface area contributed by atoms with Gasteiger partial charge in [0.1, 0.15) is 5.01 Å². The molecule has 1 amide bonds. The molecule has 0 spiro atoms. The average Bonchev–Trinajstić information content (AvgIpc) is 3.07. The van der Waals surface area contributed by atoms with Crippen molar-refractivity contribution in [1.82, 2.24) is 10.3 Å². The molecule has 0 bridgehead atoms. The zero-order valence-electron chi connectivity index (χ0n) is 12.6. The Bertz CT molecular complexity index is 610. The molecule has 2 aromatic heterocycles. The minimum Gasteiger partial charge on any atom is -0.379 e. The quantitative estimate of drug-likeness (QED) is 0.675. The second-order valence-corrected chi connectivity index (χ2v) is 7.76. The van der Waals surface area contributed by atoms with Crippen molar-refractivity contribution in [2.45, 2.75) is 32.8 Å². The van der Waals surface area contributed by atoms with Crippen LogP contribution in [-0.2, 0) is 16.0 Å². The minimum absolute atomic E-state index is 0.00811. The number of carbonyl (C=O) groups is 1. The van der Waals surface area contributed by atoms with Crippen LogP contribution in [0.1, 0.15) is 26.0 Å². The molecule has 0 aliphatic heterocycles. The summed E-state index contributed by atoms with van der Waals surface area (Å²) in [6, 6.07) is 2.04.